The van der Waals surface area contributed by atoms with Gasteiger partial charge in [-0.05, 0) is 57.4 Å². The fraction of sp³-hybridized carbons (Fsp3) is 0.0909. The zero-order valence-corrected chi connectivity index (χ0v) is 18.5. The molecule has 3 aromatic rings. The van der Waals surface area contributed by atoms with Crippen LogP contribution in [0.4, 0.5) is 0 Å². The third-order valence-electron chi connectivity index (χ3n) is 3.96. The molecular formula is C22H16Br2O5. The number of esters is 2. The lowest BCUT2D eigenvalue weighted by Crippen LogP contribution is -2.19. The molecule has 0 N–H and O–H groups in total. The molecule has 0 saturated heterocycles. The number of carbonyl (C=O) groups excluding carboxylic acids is 2. The van der Waals surface area contributed by atoms with E-state index in [1.54, 1.807) is 12.1 Å². The summed E-state index contributed by atoms with van der Waals surface area (Å²) in [5.41, 5.74) is 2.23. The highest BCUT2D eigenvalue weighted by molar-refractivity contribution is 9.10. The molecular weight excluding hydrogens is 504 g/mol. The molecule has 7 heteroatoms. The molecule has 0 atom stereocenters. The van der Waals surface area contributed by atoms with E-state index in [2.05, 4.69) is 31.9 Å². The van der Waals surface area contributed by atoms with Crippen LogP contribution >= 0.6 is 31.9 Å². The van der Waals surface area contributed by atoms with E-state index >= 15 is 0 Å². The molecule has 0 bridgehead atoms. The maximum atomic E-state index is 12.2. The molecule has 0 aliphatic heterocycles. The molecule has 0 aliphatic carbocycles. The Bertz CT molecular complexity index is 1030. The Balaban J connectivity index is 1.67. The molecule has 0 heterocycles. The van der Waals surface area contributed by atoms with Gasteiger partial charge in [-0.1, -0.05) is 52.3 Å². The first-order chi connectivity index (χ1) is 14.0. The topological polar surface area (TPSA) is 61.8 Å². The molecule has 148 valence electrons. The minimum Gasteiger partial charge on any atom is -0.481 e. The van der Waals surface area contributed by atoms with Gasteiger partial charge >= 0.3 is 11.9 Å². The number of halogens is 2. The van der Waals surface area contributed by atoms with E-state index in [4.69, 9.17) is 14.2 Å². The summed E-state index contributed by atoms with van der Waals surface area (Å²) in [6.45, 7) is -0.319. The van der Waals surface area contributed by atoms with Crippen LogP contribution in [0.1, 0.15) is 10.4 Å². The van der Waals surface area contributed by atoms with E-state index in [1.165, 1.54) is 19.2 Å². The molecule has 3 rings (SSSR count). The van der Waals surface area contributed by atoms with Gasteiger partial charge in [-0.2, -0.15) is 0 Å². The van der Waals surface area contributed by atoms with Crippen LogP contribution in [-0.4, -0.2) is 25.7 Å². The summed E-state index contributed by atoms with van der Waals surface area (Å²) in [5.74, 6) is -0.636. The number of hydrogen-bond donors (Lipinski definition) is 0. The lowest BCUT2D eigenvalue weighted by atomic mass is 10.1. The molecule has 0 unspecified atom stereocenters. The van der Waals surface area contributed by atoms with Gasteiger partial charge in [0.2, 0.25) is 0 Å². The second-order valence-electron chi connectivity index (χ2n) is 5.91. The average Bonchev–Trinajstić information content (AvgIpc) is 2.74. The number of rotatable bonds is 6. The van der Waals surface area contributed by atoms with Gasteiger partial charge < -0.3 is 14.2 Å². The minimum absolute atomic E-state index is 0.104. The molecule has 0 aromatic heterocycles. The molecule has 0 radical (unpaired) electrons. The van der Waals surface area contributed by atoms with Crippen LogP contribution < -0.4 is 9.47 Å². The monoisotopic (exact) mass is 518 g/mol. The maximum absolute atomic E-state index is 12.2. The van der Waals surface area contributed by atoms with E-state index in [0.717, 1.165) is 11.1 Å². The van der Waals surface area contributed by atoms with Crippen LogP contribution in [0.15, 0.2) is 75.7 Å². The standard InChI is InChI=1S/C22H16Br2O5/c1-27-22(26)17-12-16(23)8-10-19(17)29-21(25)13-28-20-9-7-15(11-18(20)24)14-5-3-2-4-6-14/h2-12H,13H2,1H3. The zero-order valence-electron chi connectivity index (χ0n) is 15.4. The second-order valence-corrected chi connectivity index (χ2v) is 7.68. The molecule has 0 aliphatic rings. The lowest BCUT2D eigenvalue weighted by Gasteiger charge is -2.11. The molecule has 0 fully saturated rings. The highest BCUT2D eigenvalue weighted by Gasteiger charge is 2.17. The van der Waals surface area contributed by atoms with Crippen molar-refractivity contribution in [1.82, 2.24) is 0 Å². The highest BCUT2D eigenvalue weighted by atomic mass is 79.9. The van der Waals surface area contributed by atoms with Crippen molar-refractivity contribution in [3.63, 3.8) is 0 Å². The van der Waals surface area contributed by atoms with E-state index in [1.807, 2.05) is 42.5 Å². The van der Waals surface area contributed by atoms with Gasteiger partial charge in [0.15, 0.2) is 6.61 Å². The van der Waals surface area contributed by atoms with Crippen molar-refractivity contribution in [2.24, 2.45) is 0 Å². The van der Waals surface area contributed by atoms with Gasteiger partial charge in [0.1, 0.15) is 17.1 Å². The van der Waals surface area contributed by atoms with Gasteiger partial charge in [-0.15, -0.1) is 0 Å². The molecule has 0 spiro atoms. The van der Waals surface area contributed by atoms with E-state index in [-0.39, 0.29) is 17.9 Å². The van der Waals surface area contributed by atoms with Crippen LogP contribution in [-0.2, 0) is 9.53 Å². The van der Waals surface area contributed by atoms with Crippen molar-refractivity contribution >= 4 is 43.8 Å². The van der Waals surface area contributed by atoms with Gasteiger partial charge in [0.25, 0.3) is 0 Å². The van der Waals surface area contributed by atoms with E-state index < -0.39 is 11.9 Å². The highest BCUT2D eigenvalue weighted by Crippen LogP contribution is 2.31. The average molecular weight is 520 g/mol. The zero-order chi connectivity index (χ0) is 20.8. The summed E-state index contributed by atoms with van der Waals surface area (Å²) in [6, 6.07) is 20.2. The van der Waals surface area contributed by atoms with Gasteiger partial charge in [0, 0.05) is 4.47 Å². The van der Waals surface area contributed by atoms with Crippen molar-refractivity contribution in [2.75, 3.05) is 13.7 Å². The van der Waals surface area contributed by atoms with Crippen molar-refractivity contribution in [3.05, 3.63) is 81.2 Å². The number of carbonyl (C=O) groups is 2. The molecule has 3 aromatic carbocycles. The fourth-order valence-electron chi connectivity index (χ4n) is 2.58. The number of benzene rings is 3. The van der Waals surface area contributed by atoms with Gasteiger partial charge in [-0.3, -0.25) is 0 Å². The van der Waals surface area contributed by atoms with Gasteiger partial charge in [-0.25, -0.2) is 9.59 Å². The van der Waals surface area contributed by atoms with Gasteiger partial charge in [0.05, 0.1) is 11.6 Å². The Hall–Kier alpha value is -2.64. The second kappa shape index (κ2) is 9.71. The lowest BCUT2D eigenvalue weighted by molar-refractivity contribution is -0.136. The third kappa shape index (κ3) is 5.46. The van der Waals surface area contributed by atoms with Crippen molar-refractivity contribution in [1.29, 1.82) is 0 Å². The summed E-state index contributed by atoms with van der Waals surface area (Å²) in [5, 5.41) is 0. The Morgan fingerprint density at radius 3 is 2.28 bits per heavy atom. The van der Waals surface area contributed by atoms with Crippen LogP contribution in [0.25, 0.3) is 11.1 Å². The maximum Gasteiger partial charge on any atom is 0.349 e. The smallest absolute Gasteiger partial charge is 0.349 e. The molecule has 0 saturated carbocycles. The van der Waals surface area contributed by atoms with Crippen LogP contribution in [0.2, 0.25) is 0 Å². The third-order valence-corrected chi connectivity index (χ3v) is 5.07. The van der Waals surface area contributed by atoms with Crippen molar-refractivity contribution in [2.45, 2.75) is 0 Å². The Morgan fingerprint density at radius 1 is 0.862 bits per heavy atom. The Labute approximate surface area is 184 Å². The molecule has 29 heavy (non-hydrogen) atoms. The summed E-state index contributed by atoms with van der Waals surface area (Å²) in [7, 11) is 1.26. The van der Waals surface area contributed by atoms with E-state index in [0.29, 0.717) is 14.7 Å². The first-order valence-electron chi connectivity index (χ1n) is 8.54. The van der Waals surface area contributed by atoms with Crippen LogP contribution in [0, 0.1) is 0 Å². The minimum atomic E-state index is -0.642. The predicted octanol–water partition coefficient (Wildman–Crippen LogP) is 5.65. The molecule has 5 nitrogen and oxygen atoms in total. The van der Waals surface area contributed by atoms with Crippen LogP contribution in [0.5, 0.6) is 11.5 Å². The summed E-state index contributed by atoms with van der Waals surface area (Å²) in [6.07, 6.45) is 0. The first-order valence-corrected chi connectivity index (χ1v) is 10.1. The number of ether oxygens (including phenoxy) is 3. The SMILES string of the molecule is COC(=O)c1cc(Br)ccc1OC(=O)COc1ccc(-c2ccccc2)cc1Br. The Kier molecular flexibility index (Phi) is 7.06. The first kappa shape index (κ1) is 21.1. The Morgan fingerprint density at radius 2 is 1.59 bits per heavy atom. The van der Waals surface area contributed by atoms with E-state index in [9.17, 15) is 9.59 Å². The summed E-state index contributed by atoms with van der Waals surface area (Å²) >= 11 is 6.74. The number of hydrogen-bond acceptors (Lipinski definition) is 5. The van der Waals surface area contributed by atoms with Crippen LogP contribution in [0.3, 0.4) is 0 Å². The largest absolute Gasteiger partial charge is 0.481 e. The van der Waals surface area contributed by atoms with Crippen molar-refractivity contribution in [3.8, 4) is 22.6 Å². The van der Waals surface area contributed by atoms with Crippen molar-refractivity contribution < 1.29 is 23.8 Å². The fourth-order valence-corrected chi connectivity index (χ4v) is 3.43. The normalized spacial score (nSPS) is 10.3. The summed E-state index contributed by atoms with van der Waals surface area (Å²) < 4.78 is 16.9. The number of methoxy groups -OCH3 is 1. The predicted molar refractivity (Wildman–Crippen MR) is 116 cm³/mol. The quantitative estimate of drug-likeness (QED) is 0.311. The molecule has 0 amide bonds. The summed E-state index contributed by atoms with van der Waals surface area (Å²) in [4.78, 5) is 24.1.